The summed E-state index contributed by atoms with van der Waals surface area (Å²) in [5, 5.41) is 19.2. The zero-order chi connectivity index (χ0) is 7.28. The van der Waals surface area contributed by atoms with E-state index in [0.29, 0.717) is 6.08 Å². The quantitative estimate of drug-likeness (QED) is 0.314. The summed E-state index contributed by atoms with van der Waals surface area (Å²) in [7, 11) is 0. The number of carboxylic acids is 2. The number of carbonyl (C=O) groups excluding carboxylic acids is 2. The van der Waals surface area contributed by atoms with Crippen LogP contribution in [0.25, 0.3) is 0 Å². The Hall–Kier alpha value is 0.680. The predicted octanol–water partition coefficient (Wildman–Crippen LogP) is -8.56. The second-order valence-corrected chi connectivity index (χ2v) is 1.30. The summed E-state index contributed by atoms with van der Waals surface area (Å²) in [4.78, 5) is 19.2. The van der Waals surface area contributed by atoms with Gasteiger partial charge in [-0.3, -0.25) is 0 Å². The molecule has 6 heteroatoms. The average molecular weight is 174 g/mol. The van der Waals surface area contributed by atoms with Gasteiger partial charge < -0.3 is 19.8 Å². The van der Waals surface area contributed by atoms with Crippen molar-refractivity contribution in [2.24, 2.45) is 0 Å². The molecule has 0 atom stereocenters. The standard InChI is InChI=1S/C5H6O4.2Na/c6-4(7)2-1-3-5(8)9;;/h1-2H,3H2,(H,6,7)(H,8,9);;/q;2*+1/p-2. The first kappa shape index (κ1) is 17.7. The Morgan fingerprint density at radius 1 is 1.18 bits per heavy atom. The van der Waals surface area contributed by atoms with Gasteiger partial charge in [0, 0.05) is 12.4 Å². The zero-order valence-corrected chi connectivity index (χ0v) is 10.5. The van der Waals surface area contributed by atoms with Crippen LogP contribution in [0.4, 0.5) is 0 Å². The molecule has 0 aromatic carbocycles. The monoisotopic (exact) mass is 174 g/mol. The molecule has 0 aromatic rings. The Kier molecular flexibility index (Phi) is 17.2. The first-order chi connectivity index (χ1) is 4.13. The van der Waals surface area contributed by atoms with Gasteiger partial charge in [0.25, 0.3) is 0 Å². The number of rotatable bonds is 3. The van der Waals surface area contributed by atoms with Gasteiger partial charge in [-0.1, -0.05) is 6.08 Å². The Morgan fingerprint density at radius 3 is 1.91 bits per heavy atom. The summed E-state index contributed by atoms with van der Waals surface area (Å²) in [6, 6.07) is 0. The molecule has 0 fully saturated rings. The molecule has 4 nitrogen and oxygen atoms in total. The summed E-state index contributed by atoms with van der Waals surface area (Å²) >= 11 is 0. The van der Waals surface area contributed by atoms with Gasteiger partial charge in [0.05, 0.1) is 5.97 Å². The number of aliphatic carboxylic acids is 2. The van der Waals surface area contributed by atoms with E-state index in [1.165, 1.54) is 0 Å². The van der Waals surface area contributed by atoms with E-state index in [0.717, 1.165) is 6.08 Å². The molecule has 0 heterocycles. The molecular weight excluding hydrogens is 170 g/mol. The SMILES string of the molecule is O=C([O-])C=CCC(=O)[O-].[Na+].[Na+]. The van der Waals surface area contributed by atoms with Crippen molar-refractivity contribution in [3.63, 3.8) is 0 Å². The van der Waals surface area contributed by atoms with E-state index in [4.69, 9.17) is 0 Å². The summed E-state index contributed by atoms with van der Waals surface area (Å²) < 4.78 is 0. The van der Waals surface area contributed by atoms with Crippen LogP contribution in [0.5, 0.6) is 0 Å². The van der Waals surface area contributed by atoms with Crippen LogP contribution in [0.3, 0.4) is 0 Å². The van der Waals surface area contributed by atoms with E-state index < -0.39 is 18.4 Å². The van der Waals surface area contributed by atoms with Crippen LogP contribution in [0.2, 0.25) is 0 Å². The largest absolute Gasteiger partial charge is 1.00 e. The Labute approximate surface area is 108 Å². The third kappa shape index (κ3) is 18.0. The summed E-state index contributed by atoms with van der Waals surface area (Å²) in [6.07, 6.45) is 1.20. The number of hydrogen-bond donors (Lipinski definition) is 0. The first-order valence-electron chi connectivity index (χ1n) is 2.20. The Bertz CT molecular complexity index is 155. The van der Waals surface area contributed by atoms with Crippen molar-refractivity contribution >= 4 is 11.9 Å². The fraction of sp³-hybridized carbons (Fsp3) is 0.200. The molecule has 0 saturated carbocycles. The van der Waals surface area contributed by atoms with Gasteiger partial charge in [0.1, 0.15) is 0 Å². The average Bonchev–Trinajstić information content (AvgIpc) is 1.63. The number of carboxylic acid groups (broad SMARTS) is 2. The van der Waals surface area contributed by atoms with Gasteiger partial charge in [-0.2, -0.15) is 0 Å². The molecule has 0 aliphatic carbocycles. The van der Waals surface area contributed by atoms with E-state index in [2.05, 4.69) is 0 Å². The van der Waals surface area contributed by atoms with Crippen molar-refractivity contribution in [3.8, 4) is 0 Å². The molecule has 0 aromatic heterocycles. The molecule has 0 aliphatic rings. The van der Waals surface area contributed by atoms with Crippen LogP contribution in [-0.4, -0.2) is 11.9 Å². The van der Waals surface area contributed by atoms with E-state index in [9.17, 15) is 19.8 Å². The van der Waals surface area contributed by atoms with Gasteiger partial charge in [-0.15, -0.1) is 0 Å². The van der Waals surface area contributed by atoms with Crippen molar-refractivity contribution < 1.29 is 78.9 Å². The van der Waals surface area contributed by atoms with Gasteiger partial charge in [-0.05, 0) is 6.08 Å². The zero-order valence-electron chi connectivity index (χ0n) is 6.49. The summed E-state index contributed by atoms with van der Waals surface area (Å²) in [5.41, 5.74) is 0. The molecule has 0 spiro atoms. The molecule has 0 N–H and O–H groups in total. The molecule has 0 rings (SSSR count). The van der Waals surface area contributed by atoms with Crippen LogP contribution in [0.15, 0.2) is 12.2 Å². The van der Waals surface area contributed by atoms with Crippen molar-refractivity contribution in [3.05, 3.63) is 12.2 Å². The van der Waals surface area contributed by atoms with Crippen LogP contribution in [-0.2, 0) is 9.59 Å². The van der Waals surface area contributed by atoms with Gasteiger partial charge in [0.15, 0.2) is 0 Å². The number of hydrogen-bond acceptors (Lipinski definition) is 4. The minimum atomic E-state index is -1.41. The smallest absolute Gasteiger partial charge is 0.550 e. The third-order valence-electron chi connectivity index (χ3n) is 0.538. The minimum Gasteiger partial charge on any atom is -0.550 e. The molecule has 50 valence electrons. The molecule has 0 bridgehead atoms. The van der Waals surface area contributed by atoms with Gasteiger partial charge >= 0.3 is 59.1 Å². The molecule has 0 radical (unpaired) electrons. The molecule has 11 heavy (non-hydrogen) atoms. The Morgan fingerprint density at radius 2 is 1.64 bits per heavy atom. The normalized spacial score (nSPS) is 8.00. The van der Waals surface area contributed by atoms with Crippen molar-refractivity contribution in [1.82, 2.24) is 0 Å². The predicted molar refractivity (Wildman–Crippen MR) is 23.8 cm³/mol. The minimum absolute atomic E-state index is 0. The fourth-order valence-corrected chi connectivity index (χ4v) is 0.251. The summed E-state index contributed by atoms with van der Waals surface area (Å²) in [5.74, 6) is -2.72. The van der Waals surface area contributed by atoms with Crippen LogP contribution in [0.1, 0.15) is 6.42 Å². The van der Waals surface area contributed by atoms with E-state index >= 15 is 0 Å². The second-order valence-electron chi connectivity index (χ2n) is 1.30. The van der Waals surface area contributed by atoms with Crippen LogP contribution < -0.4 is 69.3 Å². The van der Waals surface area contributed by atoms with Crippen LogP contribution >= 0.6 is 0 Å². The summed E-state index contributed by atoms with van der Waals surface area (Å²) in [6.45, 7) is 0. The second kappa shape index (κ2) is 10.7. The molecule has 0 aliphatic heterocycles. The number of carbonyl (C=O) groups is 2. The molecular formula is C5H4Na2O4. The Balaban J connectivity index is -0.000000320. The molecule has 0 saturated heterocycles. The van der Waals surface area contributed by atoms with Crippen molar-refractivity contribution in [1.29, 1.82) is 0 Å². The van der Waals surface area contributed by atoms with Crippen LogP contribution in [0, 0.1) is 0 Å². The molecule has 0 unspecified atom stereocenters. The van der Waals surface area contributed by atoms with E-state index in [1.54, 1.807) is 0 Å². The maximum atomic E-state index is 9.61. The van der Waals surface area contributed by atoms with E-state index in [-0.39, 0.29) is 59.1 Å². The molecule has 0 amide bonds. The van der Waals surface area contributed by atoms with Crippen molar-refractivity contribution in [2.45, 2.75) is 6.42 Å². The van der Waals surface area contributed by atoms with Gasteiger partial charge in [-0.25, -0.2) is 0 Å². The first-order valence-corrected chi connectivity index (χ1v) is 2.20. The maximum Gasteiger partial charge on any atom is 1.00 e. The van der Waals surface area contributed by atoms with Gasteiger partial charge in [0.2, 0.25) is 0 Å². The third-order valence-corrected chi connectivity index (χ3v) is 0.538. The topological polar surface area (TPSA) is 80.3 Å². The van der Waals surface area contributed by atoms with Crippen molar-refractivity contribution in [2.75, 3.05) is 0 Å². The maximum absolute atomic E-state index is 9.61. The van der Waals surface area contributed by atoms with E-state index in [1.807, 2.05) is 0 Å². The fourth-order valence-electron chi connectivity index (χ4n) is 0.251.